The van der Waals surface area contributed by atoms with E-state index >= 15 is 0 Å². The second-order valence-electron chi connectivity index (χ2n) is 6.30. The topological polar surface area (TPSA) is 85.3 Å². The van der Waals surface area contributed by atoms with Crippen LogP contribution in [0.4, 0.5) is 4.39 Å². The van der Waals surface area contributed by atoms with E-state index in [1.807, 2.05) is 6.92 Å². The minimum Gasteiger partial charge on any atom is -0.495 e. The van der Waals surface area contributed by atoms with Gasteiger partial charge in [-0.25, -0.2) is 18.9 Å². The summed E-state index contributed by atoms with van der Waals surface area (Å²) in [6.07, 6.45) is 1.46. The lowest BCUT2D eigenvalue weighted by molar-refractivity contribution is -0.0535. The fraction of sp³-hybridized carbons (Fsp3) is 0.294. The van der Waals surface area contributed by atoms with Gasteiger partial charge in [-0.05, 0) is 13.0 Å². The predicted molar refractivity (Wildman–Crippen MR) is 90.6 cm³/mol. The fourth-order valence-corrected chi connectivity index (χ4v) is 3.08. The molecule has 0 atom stereocenters. The summed E-state index contributed by atoms with van der Waals surface area (Å²) in [6, 6.07) is 4.59. The highest BCUT2D eigenvalue weighted by Gasteiger charge is 2.40. The molecule has 1 fully saturated rings. The van der Waals surface area contributed by atoms with Crippen molar-refractivity contribution in [2.45, 2.75) is 12.3 Å². The van der Waals surface area contributed by atoms with Gasteiger partial charge in [0.05, 0.1) is 37.5 Å². The monoisotopic (exact) mass is 373 g/mol. The second kappa shape index (κ2) is 5.90. The molecular weight excluding hydrogens is 361 g/mol. The van der Waals surface area contributed by atoms with Gasteiger partial charge in [0.2, 0.25) is 0 Å². The van der Waals surface area contributed by atoms with Crippen molar-refractivity contribution in [1.29, 1.82) is 5.26 Å². The molecule has 4 rings (SSSR count). The van der Waals surface area contributed by atoms with Gasteiger partial charge in [-0.2, -0.15) is 10.4 Å². The highest BCUT2D eigenvalue weighted by atomic mass is 35.5. The summed E-state index contributed by atoms with van der Waals surface area (Å²) in [5, 5.41) is 13.5. The number of fused-ring (bicyclic) bond motifs is 1. The van der Waals surface area contributed by atoms with Crippen LogP contribution >= 0.6 is 11.6 Å². The van der Waals surface area contributed by atoms with Crippen LogP contribution in [0.1, 0.15) is 18.2 Å². The van der Waals surface area contributed by atoms with E-state index in [9.17, 15) is 4.39 Å². The van der Waals surface area contributed by atoms with Crippen molar-refractivity contribution < 1.29 is 13.9 Å². The van der Waals surface area contributed by atoms with Crippen LogP contribution < -0.4 is 4.74 Å². The van der Waals surface area contributed by atoms with Crippen LogP contribution in [-0.2, 0) is 10.2 Å². The average molecular weight is 374 g/mol. The first-order valence-electron chi connectivity index (χ1n) is 7.74. The minimum absolute atomic E-state index is 0.0277. The summed E-state index contributed by atoms with van der Waals surface area (Å²) in [5.74, 6) is -0.0863. The maximum Gasteiger partial charge on any atom is 0.157 e. The van der Waals surface area contributed by atoms with Gasteiger partial charge in [0.25, 0.3) is 0 Å². The Balaban J connectivity index is 1.94. The molecule has 3 aromatic heterocycles. The molecule has 0 unspecified atom stereocenters. The third kappa shape index (κ3) is 2.40. The van der Waals surface area contributed by atoms with Gasteiger partial charge in [0, 0.05) is 6.07 Å². The number of hydrogen-bond acceptors (Lipinski definition) is 6. The molecule has 0 amide bonds. The first-order chi connectivity index (χ1) is 12.5. The number of methoxy groups -OCH3 is 1. The highest BCUT2D eigenvalue weighted by Crippen LogP contribution is 2.37. The van der Waals surface area contributed by atoms with E-state index in [-0.39, 0.29) is 21.8 Å². The van der Waals surface area contributed by atoms with E-state index in [1.165, 1.54) is 10.7 Å². The molecule has 0 bridgehead atoms. The lowest BCUT2D eigenvalue weighted by Crippen LogP contribution is -2.45. The summed E-state index contributed by atoms with van der Waals surface area (Å²) in [6.45, 7) is 3.05. The summed E-state index contributed by atoms with van der Waals surface area (Å²) in [5.41, 5.74) is 1.15. The SMILES string of the molecule is COc1cc2ncc(-c3nc(Cl)c(C#N)cc3F)n2nc1C1(C)COC1. The molecule has 1 saturated heterocycles. The molecule has 1 aliphatic heterocycles. The molecule has 0 radical (unpaired) electrons. The number of aromatic nitrogens is 4. The zero-order chi connectivity index (χ0) is 18.5. The van der Waals surface area contributed by atoms with Crippen LogP contribution in [0.5, 0.6) is 5.75 Å². The Morgan fingerprint density at radius 3 is 2.81 bits per heavy atom. The third-order valence-electron chi connectivity index (χ3n) is 4.38. The van der Waals surface area contributed by atoms with Crippen LogP contribution in [-0.4, -0.2) is 39.9 Å². The Kier molecular flexibility index (Phi) is 3.79. The largest absolute Gasteiger partial charge is 0.495 e. The molecule has 3 aromatic rings. The van der Waals surface area contributed by atoms with Crippen molar-refractivity contribution in [3.8, 4) is 23.2 Å². The van der Waals surface area contributed by atoms with Crippen LogP contribution in [0.3, 0.4) is 0 Å². The minimum atomic E-state index is -0.676. The Hall–Kier alpha value is -2.76. The molecule has 1 aliphatic rings. The molecule has 9 heteroatoms. The summed E-state index contributed by atoms with van der Waals surface area (Å²) < 4.78 is 26.7. The Morgan fingerprint density at radius 1 is 1.42 bits per heavy atom. The Labute approximate surface area is 153 Å². The smallest absolute Gasteiger partial charge is 0.157 e. The van der Waals surface area contributed by atoms with Crippen molar-refractivity contribution in [1.82, 2.24) is 19.6 Å². The zero-order valence-corrected chi connectivity index (χ0v) is 14.7. The van der Waals surface area contributed by atoms with Crippen LogP contribution in [0.2, 0.25) is 5.15 Å². The third-order valence-corrected chi connectivity index (χ3v) is 4.67. The normalized spacial score (nSPS) is 15.5. The number of imidazole rings is 1. The quantitative estimate of drug-likeness (QED) is 0.656. The maximum atomic E-state index is 14.5. The first kappa shape index (κ1) is 16.7. The molecule has 0 aliphatic carbocycles. The number of halogens is 2. The summed E-state index contributed by atoms with van der Waals surface area (Å²) in [7, 11) is 1.56. The molecule has 0 N–H and O–H groups in total. The lowest BCUT2D eigenvalue weighted by atomic mass is 9.84. The van der Waals surface area contributed by atoms with E-state index < -0.39 is 5.82 Å². The van der Waals surface area contributed by atoms with Gasteiger partial charge >= 0.3 is 0 Å². The predicted octanol–water partition coefficient (Wildman–Crippen LogP) is 2.75. The Bertz CT molecular complexity index is 1070. The van der Waals surface area contributed by atoms with Crippen molar-refractivity contribution in [2.75, 3.05) is 20.3 Å². The van der Waals surface area contributed by atoms with E-state index in [1.54, 1.807) is 19.2 Å². The molecule has 0 saturated carbocycles. The van der Waals surface area contributed by atoms with E-state index in [0.29, 0.717) is 36.0 Å². The van der Waals surface area contributed by atoms with Crippen LogP contribution in [0.25, 0.3) is 17.0 Å². The van der Waals surface area contributed by atoms with E-state index in [0.717, 1.165) is 6.07 Å². The molecule has 132 valence electrons. The van der Waals surface area contributed by atoms with Gasteiger partial charge in [-0.15, -0.1) is 0 Å². The molecule has 4 heterocycles. The van der Waals surface area contributed by atoms with Gasteiger partial charge in [0.15, 0.2) is 11.5 Å². The van der Waals surface area contributed by atoms with E-state index in [2.05, 4.69) is 15.1 Å². The number of ether oxygens (including phenoxy) is 2. The average Bonchev–Trinajstić information content (AvgIpc) is 3.02. The van der Waals surface area contributed by atoms with Crippen molar-refractivity contribution in [2.24, 2.45) is 0 Å². The molecule has 26 heavy (non-hydrogen) atoms. The first-order valence-corrected chi connectivity index (χ1v) is 8.12. The van der Waals surface area contributed by atoms with Crippen molar-refractivity contribution in [3.63, 3.8) is 0 Å². The lowest BCUT2D eigenvalue weighted by Gasteiger charge is -2.37. The van der Waals surface area contributed by atoms with E-state index in [4.69, 9.17) is 26.3 Å². The molecule has 0 spiro atoms. The number of nitrogens with zero attached hydrogens (tertiary/aromatic N) is 5. The molecular formula is C17H13ClFN5O2. The number of nitriles is 1. The van der Waals surface area contributed by atoms with Crippen molar-refractivity contribution in [3.05, 3.63) is 40.6 Å². The van der Waals surface area contributed by atoms with Crippen LogP contribution in [0, 0.1) is 17.1 Å². The highest BCUT2D eigenvalue weighted by molar-refractivity contribution is 6.30. The zero-order valence-electron chi connectivity index (χ0n) is 14.0. The molecule has 7 nitrogen and oxygen atoms in total. The Morgan fingerprint density at radius 2 is 2.19 bits per heavy atom. The van der Waals surface area contributed by atoms with Crippen LogP contribution in [0.15, 0.2) is 18.3 Å². The summed E-state index contributed by atoms with van der Waals surface area (Å²) >= 11 is 5.97. The van der Waals surface area contributed by atoms with Gasteiger partial charge in [0.1, 0.15) is 34.1 Å². The van der Waals surface area contributed by atoms with Gasteiger partial charge in [-0.1, -0.05) is 11.6 Å². The second-order valence-corrected chi connectivity index (χ2v) is 6.66. The number of rotatable bonds is 3. The van der Waals surface area contributed by atoms with Crippen molar-refractivity contribution >= 4 is 17.2 Å². The van der Waals surface area contributed by atoms with Gasteiger partial charge < -0.3 is 9.47 Å². The van der Waals surface area contributed by atoms with Gasteiger partial charge in [-0.3, -0.25) is 0 Å². The number of pyridine rings is 1. The molecule has 0 aromatic carbocycles. The maximum absolute atomic E-state index is 14.5. The standard InChI is InChI=1S/C17H13ClFN5O2/c1-17(7-26-8-17)15-12(25-2)4-13-21-6-11(24(13)23-15)14-10(19)3-9(5-20)16(18)22-14/h3-4,6H,7-8H2,1-2H3. The number of hydrogen-bond donors (Lipinski definition) is 0. The summed E-state index contributed by atoms with van der Waals surface area (Å²) in [4.78, 5) is 8.27. The fourth-order valence-electron chi connectivity index (χ4n) is 2.90.